The lowest BCUT2D eigenvalue weighted by atomic mass is 10.0. The van der Waals surface area contributed by atoms with Gasteiger partial charge in [-0.2, -0.15) is 0 Å². The first kappa shape index (κ1) is 23.0. The Kier molecular flexibility index (Phi) is 7.11. The Balaban J connectivity index is 1.36. The van der Waals surface area contributed by atoms with Gasteiger partial charge in [0.15, 0.2) is 0 Å². The number of aromatic nitrogens is 1. The van der Waals surface area contributed by atoms with E-state index in [-0.39, 0.29) is 11.8 Å². The maximum absolute atomic E-state index is 12.9. The molecule has 170 valence electrons. The lowest BCUT2D eigenvalue weighted by Crippen LogP contribution is -2.56. The minimum Gasteiger partial charge on any atom is -0.481 e. The number of benzene rings is 1. The molecular weight excluding hydrogens is 458 g/mol. The molecule has 0 N–H and O–H groups in total. The molecule has 33 heavy (non-hydrogen) atoms. The zero-order valence-electron chi connectivity index (χ0n) is 18.4. The van der Waals surface area contributed by atoms with Crippen LogP contribution < -0.4 is 4.74 Å². The maximum Gasteiger partial charge on any atom is 0.247 e. The molecule has 3 aromatic rings. The number of hydrogen-bond donors (Lipinski definition) is 0. The number of nitrogens with zero attached hydrogens (tertiary/aromatic N) is 3. The van der Waals surface area contributed by atoms with E-state index in [1.165, 1.54) is 17.4 Å². The topological polar surface area (TPSA) is 62.7 Å². The summed E-state index contributed by atoms with van der Waals surface area (Å²) in [6.07, 6.45) is 5.02. The van der Waals surface area contributed by atoms with Crippen molar-refractivity contribution in [2.24, 2.45) is 0 Å². The molecule has 6 nitrogen and oxygen atoms in total. The number of halogens is 1. The minimum atomic E-state index is -0.507. The fourth-order valence-electron chi connectivity index (χ4n) is 3.75. The number of carbonyl (C=O) groups is 2. The van der Waals surface area contributed by atoms with Crippen LogP contribution >= 0.6 is 22.9 Å². The van der Waals surface area contributed by atoms with Gasteiger partial charge in [0.05, 0.1) is 11.4 Å². The molecular formula is C25H24ClN3O3S. The first-order valence-corrected chi connectivity index (χ1v) is 11.8. The third kappa shape index (κ3) is 5.43. The van der Waals surface area contributed by atoms with Crippen molar-refractivity contribution in [3.05, 3.63) is 75.6 Å². The van der Waals surface area contributed by atoms with Gasteiger partial charge in [0.2, 0.25) is 17.7 Å². The summed E-state index contributed by atoms with van der Waals surface area (Å²) in [7, 11) is 1.59. The third-order valence-corrected chi connectivity index (χ3v) is 6.82. The zero-order valence-corrected chi connectivity index (χ0v) is 20.0. The highest BCUT2D eigenvalue weighted by molar-refractivity contribution is 7.17. The number of hydrogen-bond acceptors (Lipinski definition) is 5. The van der Waals surface area contributed by atoms with Gasteiger partial charge in [-0.3, -0.25) is 9.59 Å². The Morgan fingerprint density at radius 1 is 1.15 bits per heavy atom. The van der Waals surface area contributed by atoms with Crippen LogP contribution in [0.2, 0.25) is 4.34 Å². The molecule has 2 aromatic heterocycles. The van der Waals surface area contributed by atoms with Gasteiger partial charge in [0.25, 0.3) is 0 Å². The Hall–Kier alpha value is -3.16. The number of ether oxygens (including phenoxy) is 1. The van der Waals surface area contributed by atoms with Crippen LogP contribution in [-0.4, -0.2) is 52.8 Å². The minimum absolute atomic E-state index is 0.0504. The quantitative estimate of drug-likeness (QED) is 0.477. The predicted octanol–water partition coefficient (Wildman–Crippen LogP) is 4.74. The number of methoxy groups -OCH3 is 1. The number of piperazine rings is 1. The molecule has 4 rings (SSSR count). The second kappa shape index (κ2) is 10.2. The normalized spacial score (nSPS) is 16.5. The van der Waals surface area contributed by atoms with Crippen molar-refractivity contribution in [2.75, 3.05) is 20.2 Å². The molecule has 8 heteroatoms. The van der Waals surface area contributed by atoms with Crippen molar-refractivity contribution in [3.63, 3.8) is 0 Å². The Morgan fingerprint density at radius 2 is 1.91 bits per heavy atom. The molecule has 1 atom stereocenters. The smallest absolute Gasteiger partial charge is 0.247 e. The average molecular weight is 482 g/mol. The van der Waals surface area contributed by atoms with E-state index in [9.17, 15) is 9.59 Å². The van der Waals surface area contributed by atoms with Gasteiger partial charge in [-0.1, -0.05) is 35.9 Å². The van der Waals surface area contributed by atoms with Crippen molar-refractivity contribution in [1.29, 1.82) is 0 Å². The highest BCUT2D eigenvalue weighted by Crippen LogP contribution is 2.24. The van der Waals surface area contributed by atoms with Gasteiger partial charge in [-0.15, -0.1) is 11.3 Å². The third-order valence-electron chi connectivity index (χ3n) is 5.62. The predicted molar refractivity (Wildman–Crippen MR) is 131 cm³/mol. The van der Waals surface area contributed by atoms with Gasteiger partial charge in [-0.05, 0) is 42.3 Å². The van der Waals surface area contributed by atoms with E-state index in [1.807, 2.05) is 42.5 Å². The second-order valence-electron chi connectivity index (χ2n) is 7.73. The van der Waals surface area contributed by atoms with Crippen molar-refractivity contribution >= 4 is 40.8 Å². The molecule has 0 bridgehead atoms. The van der Waals surface area contributed by atoms with E-state index in [0.717, 1.165) is 21.6 Å². The van der Waals surface area contributed by atoms with E-state index in [2.05, 4.69) is 4.98 Å². The lowest BCUT2D eigenvalue weighted by molar-refractivity contribution is -0.148. The monoisotopic (exact) mass is 481 g/mol. The SMILES string of the molecule is COc1ccc(-c2ccc(CN3CCN(C(=O)C=Cc4ccc(Cl)s4)[C@@H](C)C3=O)cc2)cn1. The highest BCUT2D eigenvalue weighted by Gasteiger charge is 2.33. The fraction of sp³-hybridized carbons (Fsp3) is 0.240. The van der Waals surface area contributed by atoms with E-state index in [1.54, 1.807) is 42.2 Å². The molecule has 1 fully saturated rings. The number of thiophene rings is 1. The summed E-state index contributed by atoms with van der Waals surface area (Å²) < 4.78 is 5.78. The molecule has 0 saturated carbocycles. The van der Waals surface area contributed by atoms with Crippen LogP contribution in [0.1, 0.15) is 17.4 Å². The summed E-state index contributed by atoms with van der Waals surface area (Å²) in [4.78, 5) is 34.1. The lowest BCUT2D eigenvalue weighted by Gasteiger charge is -2.38. The molecule has 1 saturated heterocycles. The number of carbonyl (C=O) groups excluding carboxylic acids is 2. The average Bonchev–Trinajstić information content (AvgIpc) is 3.26. The number of amides is 2. The Labute approximate surface area is 202 Å². The van der Waals surface area contributed by atoms with Crippen LogP contribution in [0.4, 0.5) is 0 Å². The largest absolute Gasteiger partial charge is 0.481 e. The Bertz CT molecular complexity index is 1160. The number of pyridine rings is 1. The summed E-state index contributed by atoms with van der Waals surface area (Å²) in [5.41, 5.74) is 3.08. The molecule has 1 aliphatic heterocycles. The summed E-state index contributed by atoms with van der Waals surface area (Å²) in [5.74, 6) is 0.357. The van der Waals surface area contributed by atoms with Gasteiger partial charge < -0.3 is 14.5 Å². The van der Waals surface area contributed by atoms with Gasteiger partial charge >= 0.3 is 0 Å². The van der Waals surface area contributed by atoms with Crippen LogP contribution in [0.15, 0.2) is 60.8 Å². The zero-order chi connectivity index (χ0) is 23.4. The van der Waals surface area contributed by atoms with Crippen LogP contribution in [0.3, 0.4) is 0 Å². The molecule has 0 radical (unpaired) electrons. The molecule has 0 aliphatic carbocycles. The van der Waals surface area contributed by atoms with Crippen molar-refractivity contribution in [3.8, 4) is 17.0 Å². The van der Waals surface area contributed by atoms with E-state index < -0.39 is 6.04 Å². The maximum atomic E-state index is 12.9. The summed E-state index contributed by atoms with van der Waals surface area (Å²) in [6.45, 7) is 3.28. The molecule has 3 heterocycles. The van der Waals surface area contributed by atoms with Gasteiger partial charge in [0.1, 0.15) is 6.04 Å². The van der Waals surface area contributed by atoms with Crippen molar-refractivity contribution < 1.29 is 14.3 Å². The molecule has 0 spiro atoms. The van der Waals surface area contributed by atoms with Crippen LogP contribution in [0.25, 0.3) is 17.2 Å². The molecule has 0 unspecified atom stereocenters. The van der Waals surface area contributed by atoms with Gasteiger partial charge in [0, 0.05) is 48.4 Å². The van der Waals surface area contributed by atoms with E-state index in [4.69, 9.17) is 16.3 Å². The summed E-state index contributed by atoms with van der Waals surface area (Å²) in [5, 5.41) is 0. The van der Waals surface area contributed by atoms with E-state index >= 15 is 0 Å². The van der Waals surface area contributed by atoms with E-state index in [0.29, 0.717) is 29.9 Å². The highest BCUT2D eigenvalue weighted by atomic mass is 35.5. The molecule has 1 aliphatic rings. The fourth-order valence-corrected chi connectivity index (χ4v) is 4.71. The molecule has 2 amide bonds. The van der Waals surface area contributed by atoms with Crippen LogP contribution in [0, 0.1) is 0 Å². The van der Waals surface area contributed by atoms with Crippen LogP contribution in [-0.2, 0) is 16.1 Å². The van der Waals surface area contributed by atoms with Crippen molar-refractivity contribution in [2.45, 2.75) is 19.5 Å². The Morgan fingerprint density at radius 3 is 2.55 bits per heavy atom. The first-order chi connectivity index (χ1) is 15.9. The van der Waals surface area contributed by atoms with Crippen molar-refractivity contribution in [1.82, 2.24) is 14.8 Å². The summed E-state index contributed by atoms with van der Waals surface area (Å²) >= 11 is 7.34. The summed E-state index contributed by atoms with van der Waals surface area (Å²) in [6, 6.07) is 15.0. The molecule has 1 aromatic carbocycles. The second-order valence-corrected chi connectivity index (χ2v) is 9.48. The van der Waals surface area contributed by atoms with Crippen LogP contribution in [0.5, 0.6) is 5.88 Å². The first-order valence-electron chi connectivity index (χ1n) is 10.6. The number of rotatable bonds is 6. The standard InChI is InChI=1S/C25H24ClN3O3S/c1-17-25(31)28(13-14-29(17)24(30)12-9-21-8-10-22(26)33-21)16-18-3-5-19(6-4-18)20-7-11-23(32-2)27-15-20/h3-12,15,17H,13-14,16H2,1-2H3/t17-/m0/s1. The van der Waals surface area contributed by atoms with Gasteiger partial charge in [-0.25, -0.2) is 4.98 Å².